The van der Waals surface area contributed by atoms with Crippen LogP contribution in [0.4, 0.5) is 5.69 Å². The van der Waals surface area contributed by atoms with Crippen LogP contribution in [0.25, 0.3) is 11.0 Å². The molecule has 1 atom stereocenters. The van der Waals surface area contributed by atoms with Gasteiger partial charge in [-0.2, -0.15) is 0 Å². The molecule has 0 fully saturated rings. The van der Waals surface area contributed by atoms with Gasteiger partial charge in [-0.3, -0.25) is 24.3 Å². The minimum absolute atomic E-state index is 0. The van der Waals surface area contributed by atoms with Gasteiger partial charge in [-0.15, -0.1) is 12.4 Å². The minimum Gasteiger partial charge on any atom is -0.324 e. The number of nitro groups is 1. The second kappa shape index (κ2) is 10.7. The largest absolute Gasteiger partial charge is 0.327 e. The average Bonchev–Trinajstić information content (AvgIpc) is 2.59. The van der Waals surface area contributed by atoms with E-state index >= 15 is 0 Å². The molecule has 1 aromatic carbocycles. The number of non-ortho nitro benzene ring substituents is 1. The summed E-state index contributed by atoms with van der Waals surface area (Å²) in [7, 11) is -4.26. The molecule has 1 unspecified atom stereocenters. The van der Waals surface area contributed by atoms with Crippen LogP contribution in [-0.4, -0.2) is 36.9 Å². The lowest BCUT2D eigenvalue weighted by molar-refractivity contribution is -0.384. The van der Waals surface area contributed by atoms with Crippen molar-refractivity contribution in [2.45, 2.75) is 45.2 Å². The molecule has 29 heavy (non-hydrogen) atoms. The van der Waals surface area contributed by atoms with Crippen LogP contribution >= 0.6 is 20.0 Å². The Morgan fingerprint density at radius 3 is 2.45 bits per heavy atom. The van der Waals surface area contributed by atoms with E-state index in [0.717, 1.165) is 25.3 Å². The van der Waals surface area contributed by atoms with Gasteiger partial charge in [0.2, 0.25) is 0 Å². The first-order valence-corrected chi connectivity index (χ1v) is 10.6. The number of nitrogens with zero attached hydrogens (tertiary/aromatic N) is 1. The quantitative estimate of drug-likeness (QED) is 0.119. The number of unbranched alkanes of at least 4 members (excludes halogenated alkanes) is 2. The molecule has 1 aromatic heterocycles. The van der Waals surface area contributed by atoms with Gasteiger partial charge in [-0.25, -0.2) is 0 Å². The van der Waals surface area contributed by atoms with Crippen molar-refractivity contribution in [1.29, 1.82) is 0 Å². The third-order valence-corrected chi connectivity index (χ3v) is 5.22. The van der Waals surface area contributed by atoms with Crippen molar-refractivity contribution >= 4 is 36.7 Å². The lowest BCUT2D eigenvalue weighted by atomic mass is 10.1. The van der Waals surface area contributed by atoms with Crippen LogP contribution in [0.3, 0.4) is 0 Å². The fourth-order valence-corrected chi connectivity index (χ4v) is 3.85. The SMILES string of the molecule is CCCCCC(CP(=O)(O)O)NCc1cc([N+](=O)[O-])cc2[nH]c(=O)c(=O)[nH]c12.Cl. The maximum absolute atomic E-state index is 11.6. The molecule has 0 radical (unpaired) electrons. The zero-order chi connectivity index (χ0) is 20.9. The second-order valence-corrected chi connectivity index (χ2v) is 8.31. The van der Waals surface area contributed by atoms with Gasteiger partial charge in [0.25, 0.3) is 5.69 Å². The van der Waals surface area contributed by atoms with Gasteiger partial charge < -0.3 is 25.1 Å². The van der Waals surface area contributed by atoms with E-state index in [1.165, 1.54) is 6.07 Å². The van der Waals surface area contributed by atoms with E-state index < -0.39 is 29.7 Å². The molecule has 0 aliphatic rings. The van der Waals surface area contributed by atoms with E-state index in [4.69, 9.17) is 0 Å². The molecule has 0 aliphatic carbocycles. The van der Waals surface area contributed by atoms with Gasteiger partial charge in [0.05, 0.1) is 22.1 Å². The summed E-state index contributed by atoms with van der Waals surface area (Å²) in [6.45, 7) is 2.04. The smallest absolute Gasteiger partial charge is 0.324 e. The third-order valence-electron chi connectivity index (χ3n) is 4.30. The van der Waals surface area contributed by atoms with E-state index in [-0.39, 0.29) is 41.8 Å². The summed E-state index contributed by atoms with van der Waals surface area (Å²) < 4.78 is 11.4. The number of aromatic nitrogens is 2. The Morgan fingerprint density at radius 1 is 1.21 bits per heavy atom. The number of halogens is 1. The molecule has 11 nitrogen and oxygen atoms in total. The van der Waals surface area contributed by atoms with Crippen molar-refractivity contribution in [2.75, 3.05) is 6.16 Å². The number of nitro benzene ring substituents is 1. The topological polar surface area (TPSA) is 178 Å². The number of fused-ring (bicyclic) bond motifs is 1. The second-order valence-electron chi connectivity index (χ2n) is 6.61. The minimum atomic E-state index is -4.26. The fourth-order valence-electron chi connectivity index (χ4n) is 2.97. The number of benzene rings is 1. The predicted molar refractivity (Wildman–Crippen MR) is 111 cm³/mol. The van der Waals surface area contributed by atoms with Gasteiger partial charge in [0.15, 0.2) is 0 Å². The monoisotopic (exact) mass is 450 g/mol. The summed E-state index contributed by atoms with van der Waals surface area (Å²) in [6, 6.07) is 1.89. The van der Waals surface area contributed by atoms with Crippen LogP contribution in [-0.2, 0) is 11.1 Å². The van der Waals surface area contributed by atoms with Crippen LogP contribution < -0.4 is 16.4 Å². The summed E-state index contributed by atoms with van der Waals surface area (Å²) >= 11 is 0. The molecule has 1 heterocycles. The maximum Gasteiger partial charge on any atom is 0.327 e. The van der Waals surface area contributed by atoms with Crippen molar-refractivity contribution in [3.8, 4) is 0 Å². The van der Waals surface area contributed by atoms with Crippen molar-refractivity contribution in [3.63, 3.8) is 0 Å². The van der Waals surface area contributed by atoms with E-state index in [0.29, 0.717) is 12.0 Å². The number of hydrogen-bond donors (Lipinski definition) is 5. The molecule has 0 saturated carbocycles. The van der Waals surface area contributed by atoms with Crippen LogP contribution in [0.1, 0.15) is 38.2 Å². The first-order valence-electron chi connectivity index (χ1n) is 8.82. The van der Waals surface area contributed by atoms with Crippen LogP contribution in [0, 0.1) is 10.1 Å². The highest BCUT2D eigenvalue weighted by Gasteiger charge is 2.22. The van der Waals surface area contributed by atoms with Crippen molar-refractivity contribution in [2.24, 2.45) is 0 Å². The van der Waals surface area contributed by atoms with E-state index in [2.05, 4.69) is 15.3 Å². The van der Waals surface area contributed by atoms with E-state index in [1.54, 1.807) is 0 Å². The Labute approximate surface area is 171 Å². The maximum atomic E-state index is 11.6. The van der Waals surface area contributed by atoms with Gasteiger partial charge in [-0.05, 0) is 12.0 Å². The molecule has 0 amide bonds. The Hall–Kier alpha value is -2.04. The molecule has 0 bridgehead atoms. The van der Waals surface area contributed by atoms with Gasteiger partial charge in [-0.1, -0.05) is 26.2 Å². The average molecular weight is 451 g/mol. The molecular weight excluding hydrogens is 427 g/mol. The molecule has 0 spiro atoms. The Kier molecular flexibility index (Phi) is 9.18. The standard InChI is InChI=1S/C16H23N4O7P.ClH/c1-2-3-4-5-11(9-28(25,26)27)17-8-10-6-12(20(23)24)7-13-14(10)19-16(22)15(21)18-13;/h6-7,11,17H,2-5,8-9H2,1H3,(H,18,21)(H,19,22)(H2,25,26,27);1H. The number of hydrogen-bond acceptors (Lipinski definition) is 6. The summed E-state index contributed by atoms with van der Waals surface area (Å²) in [4.78, 5) is 57.0. The third kappa shape index (κ3) is 7.37. The zero-order valence-electron chi connectivity index (χ0n) is 15.7. The summed E-state index contributed by atoms with van der Waals surface area (Å²) in [5.74, 6) is 0. The Morgan fingerprint density at radius 2 is 1.86 bits per heavy atom. The van der Waals surface area contributed by atoms with Crippen molar-refractivity contribution in [1.82, 2.24) is 15.3 Å². The first kappa shape index (κ1) is 25.0. The van der Waals surface area contributed by atoms with Gasteiger partial charge in [0, 0.05) is 24.7 Å². The lowest BCUT2D eigenvalue weighted by Crippen LogP contribution is -2.33. The molecule has 2 rings (SSSR count). The highest BCUT2D eigenvalue weighted by Crippen LogP contribution is 2.36. The Bertz CT molecular complexity index is 1020. The number of rotatable bonds is 10. The molecule has 13 heteroatoms. The molecular formula is C16H24ClN4O7P. The Balaban J connectivity index is 0.00000420. The summed E-state index contributed by atoms with van der Waals surface area (Å²) in [6.07, 6.45) is 2.80. The molecule has 162 valence electrons. The summed E-state index contributed by atoms with van der Waals surface area (Å²) in [5, 5.41) is 14.2. The lowest BCUT2D eigenvalue weighted by Gasteiger charge is -2.20. The fraction of sp³-hybridized carbons (Fsp3) is 0.500. The number of nitrogens with one attached hydrogen (secondary N) is 3. The van der Waals surface area contributed by atoms with E-state index in [1.807, 2.05) is 6.92 Å². The van der Waals surface area contributed by atoms with Gasteiger partial charge in [0.1, 0.15) is 0 Å². The van der Waals surface area contributed by atoms with Crippen molar-refractivity contribution < 1.29 is 19.3 Å². The number of aromatic amines is 2. The summed E-state index contributed by atoms with van der Waals surface area (Å²) in [5.41, 5.74) is -1.42. The first-order chi connectivity index (χ1) is 13.1. The van der Waals surface area contributed by atoms with Crippen LogP contribution in [0.2, 0.25) is 0 Å². The van der Waals surface area contributed by atoms with Gasteiger partial charge >= 0.3 is 18.7 Å². The van der Waals surface area contributed by atoms with E-state index in [9.17, 15) is 34.1 Å². The molecule has 0 aliphatic heterocycles. The molecule has 0 saturated heterocycles. The molecule has 2 aromatic rings. The normalized spacial score (nSPS) is 12.5. The molecule has 5 N–H and O–H groups in total. The van der Waals surface area contributed by atoms with Crippen LogP contribution in [0.15, 0.2) is 21.7 Å². The van der Waals surface area contributed by atoms with Crippen molar-refractivity contribution in [3.05, 3.63) is 48.5 Å². The highest BCUT2D eigenvalue weighted by atomic mass is 35.5. The highest BCUT2D eigenvalue weighted by molar-refractivity contribution is 7.51. The predicted octanol–water partition coefficient (Wildman–Crippen LogP) is 1.76. The number of H-pyrrole nitrogens is 2. The van der Waals surface area contributed by atoms with Crippen LogP contribution in [0.5, 0.6) is 0 Å². The zero-order valence-corrected chi connectivity index (χ0v) is 17.4.